The lowest BCUT2D eigenvalue weighted by atomic mass is 10.3. The first-order valence-electron chi connectivity index (χ1n) is 3.86. The van der Waals surface area contributed by atoms with E-state index >= 15 is 0 Å². The molecule has 66 valence electrons. The molecule has 0 unspecified atom stereocenters. The van der Waals surface area contributed by atoms with Crippen molar-refractivity contribution >= 4 is 33.2 Å². The molecule has 2 rings (SSSR count). The molecule has 2 aromatic rings. The summed E-state index contributed by atoms with van der Waals surface area (Å²) in [6.45, 7) is 0.334. The summed E-state index contributed by atoms with van der Waals surface area (Å²) >= 11 is 3.37. The van der Waals surface area contributed by atoms with Crippen molar-refractivity contribution in [3.8, 4) is 0 Å². The predicted octanol–water partition coefficient (Wildman–Crippen LogP) is 2.00. The minimum absolute atomic E-state index is 0.334. The zero-order valence-electron chi connectivity index (χ0n) is 6.77. The average Bonchev–Trinajstić information content (AvgIpc) is 2.44. The second kappa shape index (κ2) is 3.30. The SMILES string of the molecule is O=CCn1c(Br)cc2cccnc21. The number of aromatic nitrogens is 2. The van der Waals surface area contributed by atoms with Crippen LogP contribution in [-0.2, 0) is 11.3 Å². The minimum Gasteiger partial charge on any atom is -0.313 e. The van der Waals surface area contributed by atoms with Crippen LogP contribution in [0.1, 0.15) is 0 Å². The van der Waals surface area contributed by atoms with Crippen molar-refractivity contribution in [3.63, 3.8) is 0 Å². The molecule has 0 aliphatic heterocycles. The maximum atomic E-state index is 10.4. The van der Waals surface area contributed by atoms with E-state index in [0.29, 0.717) is 6.54 Å². The van der Waals surface area contributed by atoms with Gasteiger partial charge in [-0.15, -0.1) is 0 Å². The molecule has 0 radical (unpaired) electrons. The molecule has 0 atom stereocenters. The highest BCUT2D eigenvalue weighted by atomic mass is 79.9. The van der Waals surface area contributed by atoms with Gasteiger partial charge in [-0.3, -0.25) is 0 Å². The maximum absolute atomic E-state index is 10.4. The van der Waals surface area contributed by atoms with Crippen LogP contribution in [0.2, 0.25) is 0 Å². The van der Waals surface area contributed by atoms with Crippen LogP contribution in [0.15, 0.2) is 29.0 Å². The number of pyridine rings is 1. The molecule has 0 aliphatic carbocycles. The molecule has 3 nitrogen and oxygen atoms in total. The summed E-state index contributed by atoms with van der Waals surface area (Å²) in [5.41, 5.74) is 0.835. The van der Waals surface area contributed by atoms with Crippen molar-refractivity contribution in [1.29, 1.82) is 0 Å². The molecular weight excluding hydrogens is 232 g/mol. The molecule has 0 spiro atoms. The standard InChI is InChI=1S/C9H7BrN2O/c10-8-6-7-2-1-3-11-9(7)12(8)4-5-13/h1-3,5-6H,4H2. The molecule has 2 heterocycles. The van der Waals surface area contributed by atoms with Gasteiger partial charge in [0.05, 0.1) is 11.1 Å². The second-order valence-corrected chi connectivity index (χ2v) is 3.47. The number of nitrogens with zero attached hydrogens (tertiary/aromatic N) is 2. The van der Waals surface area contributed by atoms with Gasteiger partial charge in [0.25, 0.3) is 0 Å². The summed E-state index contributed by atoms with van der Waals surface area (Å²) in [6.07, 6.45) is 2.58. The highest BCUT2D eigenvalue weighted by Crippen LogP contribution is 2.21. The zero-order valence-corrected chi connectivity index (χ0v) is 8.36. The van der Waals surface area contributed by atoms with E-state index in [1.807, 2.05) is 22.8 Å². The van der Waals surface area contributed by atoms with Crippen molar-refractivity contribution in [1.82, 2.24) is 9.55 Å². The summed E-state index contributed by atoms with van der Waals surface area (Å²) < 4.78 is 2.70. The number of carbonyl (C=O) groups excluding carboxylic acids is 1. The largest absolute Gasteiger partial charge is 0.313 e. The number of aldehydes is 1. The molecule has 2 aromatic heterocycles. The van der Waals surface area contributed by atoms with Gasteiger partial charge in [-0.2, -0.15) is 0 Å². The Kier molecular flexibility index (Phi) is 2.14. The van der Waals surface area contributed by atoms with Crippen LogP contribution >= 0.6 is 15.9 Å². The van der Waals surface area contributed by atoms with Gasteiger partial charge in [0.15, 0.2) is 0 Å². The number of hydrogen-bond acceptors (Lipinski definition) is 2. The molecule has 0 saturated heterocycles. The van der Waals surface area contributed by atoms with Crippen molar-refractivity contribution in [2.45, 2.75) is 6.54 Å². The first-order chi connectivity index (χ1) is 6.33. The molecule has 4 heteroatoms. The number of carbonyl (C=O) groups is 1. The lowest BCUT2D eigenvalue weighted by Crippen LogP contribution is -1.99. The molecule has 0 aromatic carbocycles. The van der Waals surface area contributed by atoms with Crippen LogP contribution in [0.25, 0.3) is 11.0 Å². The van der Waals surface area contributed by atoms with Crippen LogP contribution in [-0.4, -0.2) is 15.8 Å². The Morgan fingerprint density at radius 3 is 3.23 bits per heavy atom. The van der Waals surface area contributed by atoms with E-state index in [1.54, 1.807) is 6.20 Å². The van der Waals surface area contributed by atoms with Gasteiger partial charge in [-0.1, -0.05) is 0 Å². The Morgan fingerprint density at radius 2 is 2.46 bits per heavy atom. The maximum Gasteiger partial charge on any atom is 0.141 e. The molecule has 13 heavy (non-hydrogen) atoms. The Balaban J connectivity index is 2.70. The van der Waals surface area contributed by atoms with Crippen LogP contribution in [0, 0.1) is 0 Å². The van der Waals surface area contributed by atoms with Crippen molar-refractivity contribution < 1.29 is 4.79 Å². The molecule has 0 saturated carbocycles. The summed E-state index contributed by atoms with van der Waals surface area (Å²) in [6, 6.07) is 5.79. The normalized spacial score (nSPS) is 10.5. The van der Waals surface area contributed by atoms with Gasteiger partial charge >= 0.3 is 0 Å². The van der Waals surface area contributed by atoms with Crippen LogP contribution in [0.3, 0.4) is 0 Å². The average molecular weight is 239 g/mol. The molecule has 0 amide bonds. The third kappa shape index (κ3) is 1.37. The van der Waals surface area contributed by atoms with Crippen LogP contribution in [0.5, 0.6) is 0 Å². The van der Waals surface area contributed by atoms with Crippen molar-refractivity contribution in [2.24, 2.45) is 0 Å². The predicted molar refractivity (Wildman–Crippen MR) is 53.5 cm³/mol. The topological polar surface area (TPSA) is 34.9 Å². The number of hydrogen-bond donors (Lipinski definition) is 0. The lowest BCUT2D eigenvalue weighted by molar-refractivity contribution is -0.108. The first-order valence-corrected chi connectivity index (χ1v) is 4.65. The van der Waals surface area contributed by atoms with E-state index in [9.17, 15) is 4.79 Å². The first kappa shape index (κ1) is 8.44. The van der Waals surface area contributed by atoms with Gasteiger partial charge in [-0.05, 0) is 34.1 Å². The molecule has 0 N–H and O–H groups in total. The highest BCUT2D eigenvalue weighted by molar-refractivity contribution is 9.10. The van der Waals surface area contributed by atoms with E-state index in [2.05, 4.69) is 20.9 Å². The van der Waals surface area contributed by atoms with Gasteiger partial charge in [0, 0.05) is 11.6 Å². The Bertz CT molecular complexity index is 450. The van der Waals surface area contributed by atoms with Gasteiger partial charge in [-0.25, -0.2) is 4.98 Å². The molecule has 0 bridgehead atoms. The fourth-order valence-electron chi connectivity index (χ4n) is 1.30. The van der Waals surface area contributed by atoms with E-state index in [4.69, 9.17) is 0 Å². The number of halogens is 1. The lowest BCUT2D eigenvalue weighted by Gasteiger charge is -1.99. The molecule has 0 fully saturated rings. The zero-order chi connectivity index (χ0) is 9.26. The molecular formula is C9H7BrN2O. The van der Waals surface area contributed by atoms with Gasteiger partial charge in [0.2, 0.25) is 0 Å². The minimum atomic E-state index is 0.334. The van der Waals surface area contributed by atoms with Crippen molar-refractivity contribution in [2.75, 3.05) is 0 Å². The van der Waals surface area contributed by atoms with Crippen molar-refractivity contribution in [3.05, 3.63) is 29.0 Å². The fourth-order valence-corrected chi connectivity index (χ4v) is 1.86. The third-order valence-electron chi connectivity index (χ3n) is 1.86. The van der Waals surface area contributed by atoms with E-state index in [1.165, 1.54) is 0 Å². The Morgan fingerprint density at radius 1 is 1.62 bits per heavy atom. The Labute approximate surface area is 83.5 Å². The number of rotatable bonds is 2. The fraction of sp³-hybridized carbons (Fsp3) is 0.111. The van der Waals surface area contributed by atoms with E-state index in [-0.39, 0.29) is 0 Å². The molecule has 0 aliphatic rings. The monoisotopic (exact) mass is 238 g/mol. The highest BCUT2D eigenvalue weighted by Gasteiger charge is 2.05. The van der Waals surface area contributed by atoms with E-state index < -0.39 is 0 Å². The quantitative estimate of drug-likeness (QED) is 0.751. The smallest absolute Gasteiger partial charge is 0.141 e. The van der Waals surface area contributed by atoms with Gasteiger partial charge < -0.3 is 9.36 Å². The second-order valence-electron chi connectivity index (χ2n) is 2.66. The summed E-state index contributed by atoms with van der Waals surface area (Å²) in [5, 5.41) is 1.04. The summed E-state index contributed by atoms with van der Waals surface area (Å²) in [4.78, 5) is 14.6. The summed E-state index contributed by atoms with van der Waals surface area (Å²) in [5.74, 6) is 0. The third-order valence-corrected chi connectivity index (χ3v) is 2.52. The van der Waals surface area contributed by atoms with Gasteiger partial charge in [0.1, 0.15) is 11.9 Å². The van der Waals surface area contributed by atoms with Crippen LogP contribution in [0.4, 0.5) is 0 Å². The summed E-state index contributed by atoms with van der Waals surface area (Å²) in [7, 11) is 0. The van der Waals surface area contributed by atoms with Crippen LogP contribution < -0.4 is 0 Å². The van der Waals surface area contributed by atoms with E-state index in [0.717, 1.165) is 21.9 Å². The number of fused-ring (bicyclic) bond motifs is 1. The Hall–Kier alpha value is -1.16.